The lowest BCUT2D eigenvalue weighted by Gasteiger charge is -2.09. The van der Waals surface area contributed by atoms with Crippen molar-refractivity contribution in [1.29, 1.82) is 0 Å². The lowest BCUT2D eigenvalue weighted by atomic mass is 10.2. The second-order valence-corrected chi connectivity index (χ2v) is 3.99. The zero-order valence-corrected chi connectivity index (χ0v) is 10.1. The molecule has 0 spiro atoms. The first-order valence-electron chi connectivity index (χ1n) is 5.45. The van der Waals surface area contributed by atoms with Crippen LogP contribution in [-0.2, 0) is 0 Å². The molecule has 0 saturated carbocycles. The average Bonchev–Trinajstić information content (AvgIpc) is 2.32. The quantitative estimate of drug-likeness (QED) is 0.522. The van der Waals surface area contributed by atoms with E-state index in [4.69, 9.17) is 10.5 Å². The van der Waals surface area contributed by atoms with Crippen molar-refractivity contribution in [2.45, 2.75) is 6.92 Å². The number of ether oxygens (including phenoxy) is 1. The first-order chi connectivity index (χ1) is 8.97. The summed E-state index contributed by atoms with van der Waals surface area (Å²) in [6.07, 6.45) is 0. The van der Waals surface area contributed by atoms with Gasteiger partial charge in [0.1, 0.15) is 23.0 Å². The van der Waals surface area contributed by atoms with Crippen molar-refractivity contribution in [1.82, 2.24) is 0 Å². The summed E-state index contributed by atoms with van der Waals surface area (Å²) in [5, 5.41) is 10.6. The van der Waals surface area contributed by atoms with Gasteiger partial charge in [0.05, 0.1) is 4.92 Å². The summed E-state index contributed by atoms with van der Waals surface area (Å²) in [7, 11) is 0. The molecule has 0 atom stereocenters. The van der Waals surface area contributed by atoms with E-state index in [1.165, 1.54) is 36.4 Å². The highest BCUT2D eigenvalue weighted by Crippen LogP contribution is 2.30. The molecule has 6 heteroatoms. The van der Waals surface area contributed by atoms with Crippen molar-refractivity contribution in [3.8, 4) is 11.5 Å². The topological polar surface area (TPSA) is 78.4 Å². The predicted molar refractivity (Wildman–Crippen MR) is 68.7 cm³/mol. The van der Waals surface area contributed by atoms with Gasteiger partial charge in [-0.15, -0.1) is 0 Å². The minimum absolute atomic E-state index is 0.0160. The Hall–Kier alpha value is -2.63. The molecule has 0 bridgehead atoms. The van der Waals surface area contributed by atoms with Crippen LogP contribution in [0.1, 0.15) is 5.56 Å². The van der Waals surface area contributed by atoms with Crippen LogP contribution in [0.2, 0.25) is 0 Å². The highest BCUT2D eigenvalue weighted by molar-refractivity contribution is 5.61. The average molecular weight is 262 g/mol. The lowest BCUT2D eigenvalue weighted by Crippen LogP contribution is -1.96. The largest absolute Gasteiger partial charge is 0.457 e. The maximum atomic E-state index is 12.9. The van der Waals surface area contributed by atoms with Crippen molar-refractivity contribution in [3.05, 3.63) is 57.9 Å². The summed E-state index contributed by atoms with van der Waals surface area (Å²) in [6.45, 7) is 1.70. The van der Waals surface area contributed by atoms with Crippen LogP contribution in [0.15, 0.2) is 36.4 Å². The molecule has 0 unspecified atom stereocenters. The third-order valence-corrected chi connectivity index (χ3v) is 2.56. The number of hydrogen-bond donors (Lipinski definition) is 1. The van der Waals surface area contributed by atoms with E-state index in [9.17, 15) is 14.5 Å². The number of nitro benzene ring substituents is 1. The maximum Gasteiger partial charge on any atom is 0.292 e. The molecule has 2 aromatic rings. The smallest absolute Gasteiger partial charge is 0.292 e. The molecule has 0 aromatic heterocycles. The molecule has 0 radical (unpaired) electrons. The van der Waals surface area contributed by atoms with Gasteiger partial charge in [0.25, 0.3) is 5.69 Å². The number of hydrogen-bond acceptors (Lipinski definition) is 4. The van der Waals surface area contributed by atoms with Crippen LogP contribution in [0.25, 0.3) is 0 Å². The molecule has 0 amide bonds. The second-order valence-electron chi connectivity index (χ2n) is 3.99. The van der Waals surface area contributed by atoms with Crippen LogP contribution in [-0.4, -0.2) is 4.92 Å². The molecule has 0 saturated heterocycles. The number of nitrogens with two attached hydrogens (primary N) is 1. The van der Waals surface area contributed by atoms with Crippen molar-refractivity contribution in [2.24, 2.45) is 0 Å². The highest BCUT2D eigenvalue weighted by Gasteiger charge is 2.12. The fourth-order valence-electron chi connectivity index (χ4n) is 1.62. The minimum Gasteiger partial charge on any atom is -0.457 e. The number of benzene rings is 2. The van der Waals surface area contributed by atoms with E-state index < -0.39 is 4.92 Å². The predicted octanol–water partition coefficient (Wildman–Crippen LogP) is 3.42. The van der Waals surface area contributed by atoms with Crippen molar-refractivity contribution in [3.63, 3.8) is 0 Å². The Kier molecular flexibility index (Phi) is 3.33. The fourth-order valence-corrected chi connectivity index (χ4v) is 1.62. The van der Waals surface area contributed by atoms with Gasteiger partial charge in [0.2, 0.25) is 0 Å². The molecule has 0 aliphatic heterocycles. The van der Waals surface area contributed by atoms with Crippen molar-refractivity contribution < 1.29 is 14.1 Å². The van der Waals surface area contributed by atoms with E-state index >= 15 is 0 Å². The Morgan fingerprint density at radius 3 is 2.58 bits per heavy atom. The minimum atomic E-state index is -0.567. The van der Waals surface area contributed by atoms with Crippen LogP contribution >= 0.6 is 0 Å². The Bertz CT molecular complexity index is 644. The zero-order chi connectivity index (χ0) is 14.0. The van der Waals surface area contributed by atoms with Gasteiger partial charge >= 0.3 is 0 Å². The maximum absolute atomic E-state index is 12.9. The molecular formula is C13H11FN2O3. The van der Waals surface area contributed by atoms with Gasteiger partial charge in [-0.05, 0) is 36.8 Å². The van der Waals surface area contributed by atoms with Gasteiger partial charge in [-0.25, -0.2) is 4.39 Å². The molecular weight excluding hydrogens is 251 g/mol. The van der Waals surface area contributed by atoms with E-state index in [1.54, 1.807) is 6.92 Å². The standard InChI is InChI=1S/C13H11FN2O3/c1-8-6-9(14)2-5-13(8)19-10-3-4-12(16(17)18)11(15)7-10/h2-7H,15H2,1H3. The van der Waals surface area contributed by atoms with Crippen molar-refractivity contribution in [2.75, 3.05) is 5.73 Å². The van der Waals surface area contributed by atoms with Crippen LogP contribution in [0.5, 0.6) is 11.5 Å². The fraction of sp³-hybridized carbons (Fsp3) is 0.0769. The Labute approximate surface area is 108 Å². The Balaban J connectivity index is 2.29. The summed E-state index contributed by atoms with van der Waals surface area (Å²) in [5.41, 5.74) is 6.02. The van der Waals surface area contributed by atoms with E-state index in [2.05, 4.69) is 0 Å². The number of nitrogen functional groups attached to an aromatic ring is 1. The second kappa shape index (κ2) is 4.93. The summed E-state index contributed by atoms with van der Waals surface area (Å²) in [6, 6.07) is 8.17. The van der Waals surface area contributed by atoms with Gasteiger partial charge in [-0.3, -0.25) is 10.1 Å². The number of anilines is 1. The Morgan fingerprint density at radius 1 is 1.26 bits per heavy atom. The van der Waals surface area contributed by atoms with Gasteiger partial charge in [0, 0.05) is 12.1 Å². The summed E-state index contributed by atoms with van der Waals surface area (Å²) in [5.74, 6) is 0.473. The third kappa shape index (κ3) is 2.79. The van der Waals surface area contributed by atoms with Gasteiger partial charge in [-0.2, -0.15) is 0 Å². The molecule has 0 heterocycles. The number of halogens is 1. The summed E-state index contributed by atoms with van der Waals surface area (Å²) >= 11 is 0. The SMILES string of the molecule is Cc1cc(F)ccc1Oc1ccc([N+](=O)[O-])c(N)c1. The number of rotatable bonds is 3. The molecule has 5 nitrogen and oxygen atoms in total. The number of nitrogens with zero attached hydrogens (tertiary/aromatic N) is 1. The first kappa shape index (κ1) is 12.8. The summed E-state index contributed by atoms with van der Waals surface area (Å²) < 4.78 is 18.5. The van der Waals surface area contributed by atoms with Crippen LogP contribution < -0.4 is 10.5 Å². The lowest BCUT2D eigenvalue weighted by molar-refractivity contribution is -0.383. The van der Waals surface area contributed by atoms with E-state index in [1.807, 2.05) is 0 Å². The molecule has 98 valence electrons. The Morgan fingerprint density at radius 2 is 2.00 bits per heavy atom. The molecule has 2 rings (SSSR count). The molecule has 2 N–H and O–H groups in total. The molecule has 19 heavy (non-hydrogen) atoms. The van der Waals surface area contributed by atoms with Crippen LogP contribution in [0, 0.1) is 22.9 Å². The number of aryl methyl sites for hydroxylation is 1. The van der Waals surface area contributed by atoms with Gasteiger partial charge < -0.3 is 10.5 Å². The van der Waals surface area contributed by atoms with Crippen LogP contribution in [0.4, 0.5) is 15.8 Å². The van der Waals surface area contributed by atoms with Gasteiger partial charge in [-0.1, -0.05) is 0 Å². The normalized spacial score (nSPS) is 10.2. The van der Waals surface area contributed by atoms with Crippen LogP contribution in [0.3, 0.4) is 0 Å². The first-order valence-corrected chi connectivity index (χ1v) is 5.45. The molecule has 0 aliphatic carbocycles. The molecule has 0 fully saturated rings. The van der Waals surface area contributed by atoms with E-state index in [0.29, 0.717) is 17.1 Å². The molecule has 2 aromatic carbocycles. The zero-order valence-electron chi connectivity index (χ0n) is 10.1. The van der Waals surface area contributed by atoms with E-state index in [0.717, 1.165) is 0 Å². The monoisotopic (exact) mass is 262 g/mol. The summed E-state index contributed by atoms with van der Waals surface area (Å²) in [4.78, 5) is 10.1. The number of nitro groups is 1. The highest BCUT2D eigenvalue weighted by atomic mass is 19.1. The molecule has 0 aliphatic rings. The van der Waals surface area contributed by atoms with Gasteiger partial charge in [0.15, 0.2) is 0 Å². The van der Waals surface area contributed by atoms with E-state index in [-0.39, 0.29) is 17.2 Å². The van der Waals surface area contributed by atoms with Crippen molar-refractivity contribution >= 4 is 11.4 Å². The third-order valence-electron chi connectivity index (χ3n) is 2.56.